The molecule has 20 heavy (non-hydrogen) atoms. The van der Waals surface area contributed by atoms with Crippen LogP contribution in [0.15, 0.2) is 48.5 Å². The van der Waals surface area contributed by atoms with Gasteiger partial charge in [0.1, 0.15) is 5.01 Å². The normalized spacial score (nSPS) is 11.9. The Kier molecular flexibility index (Phi) is 3.32. The van der Waals surface area contributed by atoms with Crippen LogP contribution < -0.4 is 5.73 Å². The minimum Gasteiger partial charge on any atom is -0.325 e. The number of nitrogens with two attached hydrogens (primary N) is 1. The van der Waals surface area contributed by atoms with Gasteiger partial charge in [0.25, 0.3) is 0 Å². The second kappa shape index (κ2) is 5.00. The highest BCUT2D eigenvalue weighted by Gasteiger charge is 2.16. The van der Waals surface area contributed by atoms with Gasteiger partial charge in [0.15, 0.2) is 0 Å². The Hall–Kier alpha value is -1.71. The SMILES string of the molecule is CC(C)(N)Cc1ccccc1-c1nc2ccccc2s1. The summed E-state index contributed by atoms with van der Waals surface area (Å²) >= 11 is 1.74. The van der Waals surface area contributed by atoms with Crippen LogP contribution in [-0.2, 0) is 6.42 Å². The van der Waals surface area contributed by atoms with Crippen molar-refractivity contribution in [3.05, 3.63) is 54.1 Å². The molecule has 0 saturated carbocycles. The first kappa shape index (κ1) is 13.3. The molecule has 3 heteroatoms. The number of para-hydroxylation sites is 1. The van der Waals surface area contributed by atoms with Crippen LogP contribution in [0, 0.1) is 0 Å². The Morgan fingerprint density at radius 3 is 2.50 bits per heavy atom. The second-order valence-electron chi connectivity index (χ2n) is 5.81. The molecule has 0 spiro atoms. The standard InChI is InChI=1S/C17H18N2S/c1-17(2,18)11-12-7-3-4-8-13(12)16-19-14-9-5-6-10-15(14)20-16/h3-10H,11,18H2,1-2H3. The highest BCUT2D eigenvalue weighted by atomic mass is 32.1. The maximum absolute atomic E-state index is 6.17. The van der Waals surface area contributed by atoms with Gasteiger partial charge in [-0.05, 0) is 38.0 Å². The van der Waals surface area contributed by atoms with E-state index in [0.717, 1.165) is 16.9 Å². The van der Waals surface area contributed by atoms with Crippen molar-refractivity contribution in [3.63, 3.8) is 0 Å². The monoisotopic (exact) mass is 282 g/mol. The maximum atomic E-state index is 6.17. The molecule has 3 aromatic rings. The summed E-state index contributed by atoms with van der Waals surface area (Å²) in [5.41, 5.74) is 9.49. The molecule has 0 saturated heterocycles. The van der Waals surface area contributed by atoms with Gasteiger partial charge in [-0.2, -0.15) is 0 Å². The lowest BCUT2D eigenvalue weighted by atomic mass is 9.93. The number of nitrogens with zero attached hydrogens (tertiary/aromatic N) is 1. The summed E-state index contributed by atoms with van der Waals surface area (Å²) in [6.45, 7) is 4.12. The van der Waals surface area contributed by atoms with Gasteiger partial charge in [0, 0.05) is 11.1 Å². The van der Waals surface area contributed by atoms with E-state index in [1.165, 1.54) is 15.8 Å². The predicted molar refractivity (Wildman–Crippen MR) is 87.0 cm³/mol. The lowest BCUT2D eigenvalue weighted by Crippen LogP contribution is -2.34. The van der Waals surface area contributed by atoms with Gasteiger partial charge in [0.2, 0.25) is 0 Å². The molecular weight excluding hydrogens is 264 g/mol. The largest absolute Gasteiger partial charge is 0.325 e. The highest BCUT2D eigenvalue weighted by molar-refractivity contribution is 7.21. The zero-order chi connectivity index (χ0) is 14.2. The van der Waals surface area contributed by atoms with Crippen LogP contribution in [0.3, 0.4) is 0 Å². The van der Waals surface area contributed by atoms with Crippen molar-refractivity contribution in [2.75, 3.05) is 0 Å². The molecule has 0 amide bonds. The molecule has 2 aromatic carbocycles. The lowest BCUT2D eigenvalue weighted by Gasteiger charge is -2.19. The van der Waals surface area contributed by atoms with Crippen LogP contribution in [0.5, 0.6) is 0 Å². The van der Waals surface area contributed by atoms with Gasteiger partial charge >= 0.3 is 0 Å². The maximum Gasteiger partial charge on any atom is 0.124 e. The van der Waals surface area contributed by atoms with Gasteiger partial charge in [0.05, 0.1) is 10.2 Å². The first-order valence-electron chi connectivity index (χ1n) is 6.76. The Morgan fingerprint density at radius 2 is 1.75 bits per heavy atom. The molecule has 102 valence electrons. The van der Waals surface area contributed by atoms with E-state index in [2.05, 4.69) is 56.3 Å². The van der Waals surface area contributed by atoms with E-state index in [0.29, 0.717) is 0 Å². The number of hydrogen-bond acceptors (Lipinski definition) is 3. The molecule has 0 bridgehead atoms. The third kappa shape index (κ3) is 2.74. The fourth-order valence-electron chi connectivity index (χ4n) is 2.36. The third-order valence-corrected chi connectivity index (χ3v) is 4.26. The van der Waals surface area contributed by atoms with E-state index < -0.39 is 0 Å². The molecule has 2 nitrogen and oxygen atoms in total. The summed E-state index contributed by atoms with van der Waals surface area (Å²) in [7, 11) is 0. The summed E-state index contributed by atoms with van der Waals surface area (Å²) in [5.74, 6) is 0. The molecule has 1 heterocycles. The topological polar surface area (TPSA) is 38.9 Å². The van der Waals surface area contributed by atoms with Crippen molar-refractivity contribution in [2.24, 2.45) is 5.73 Å². The molecule has 0 aliphatic heterocycles. The fraction of sp³-hybridized carbons (Fsp3) is 0.235. The average Bonchev–Trinajstić information content (AvgIpc) is 2.81. The average molecular weight is 282 g/mol. The molecule has 0 aliphatic carbocycles. The van der Waals surface area contributed by atoms with Gasteiger partial charge in [-0.1, -0.05) is 36.4 Å². The first-order valence-corrected chi connectivity index (χ1v) is 7.57. The fourth-order valence-corrected chi connectivity index (χ4v) is 3.39. The molecule has 3 rings (SSSR count). The van der Waals surface area contributed by atoms with Crippen LogP contribution in [-0.4, -0.2) is 10.5 Å². The number of rotatable bonds is 3. The zero-order valence-electron chi connectivity index (χ0n) is 11.8. The van der Waals surface area contributed by atoms with Crippen LogP contribution in [0.4, 0.5) is 0 Å². The molecule has 2 N–H and O–H groups in total. The van der Waals surface area contributed by atoms with Crippen molar-refractivity contribution >= 4 is 21.6 Å². The van der Waals surface area contributed by atoms with Crippen LogP contribution in [0.1, 0.15) is 19.4 Å². The number of aromatic nitrogens is 1. The summed E-state index contributed by atoms with van der Waals surface area (Å²) in [5, 5.41) is 1.08. The van der Waals surface area contributed by atoms with E-state index >= 15 is 0 Å². The van der Waals surface area contributed by atoms with Crippen LogP contribution in [0.2, 0.25) is 0 Å². The number of hydrogen-bond donors (Lipinski definition) is 1. The summed E-state index contributed by atoms with van der Waals surface area (Å²) in [4.78, 5) is 4.75. The summed E-state index contributed by atoms with van der Waals surface area (Å²) in [6, 6.07) is 16.7. The first-order chi connectivity index (χ1) is 9.53. The van der Waals surface area contributed by atoms with E-state index in [1.807, 2.05) is 6.07 Å². The van der Waals surface area contributed by atoms with E-state index in [1.54, 1.807) is 11.3 Å². The second-order valence-corrected chi connectivity index (χ2v) is 6.84. The molecule has 0 radical (unpaired) electrons. The molecular formula is C17H18N2S. The van der Waals surface area contributed by atoms with Crippen molar-refractivity contribution in [2.45, 2.75) is 25.8 Å². The van der Waals surface area contributed by atoms with Crippen LogP contribution in [0.25, 0.3) is 20.8 Å². The van der Waals surface area contributed by atoms with Gasteiger partial charge in [-0.15, -0.1) is 11.3 Å². The molecule has 0 fully saturated rings. The van der Waals surface area contributed by atoms with Crippen molar-refractivity contribution in [1.82, 2.24) is 4.98 Å². The minimum absolute atomic E-state index is 0.215. The smallest absolute Gasteiger partial charge is 0.124 e. The minimum atomic E-state index is -0.215. The molecule has 0 atom stereocenters. The van der Waals surface area contributed by atoms with Crippen molar-refractivity contribution in [1.29, 1.82) is 0 Å². The van der Waals surface area contributed by atoms with E-state index in [-0.39, 0.29) is 5.54 Å². The van der Waals surface area contributed by atoms with E-state index in [4.69, 9.17) is 10.7 Å². The van der Waals surface area contributed by atoms with Gasteiger partial charge in [-0.3, -0.25) is 0 Å². The summed E-state index contributed by atoms with van der Waals surface area (Å²) < 4.78 is 1.23. The molecule has 0 aliphatic rings. The number of thiazole rings is 1. The highest BCUT2D eigenvalue weighted by Crippen LogP contribution is 2.33. The van der Waals surface area contributed by atoms with Crippen molar-refractivity contribution < 1.29 is 0 Å². The molecule has 1 aromatic heterocycles. The summed E-state index contributed by atoms with van der Waals surface area (Å²) in [6.07, 6.45) is 0.846. The zero-order valence-corrected chi connectivity index (χ0v) is 12.6. The number of benzene rings is 2. The Morgan fingerprint density at radius 1 is 1.05 bits per heavy atom. The quantitative estimate of drug-likeness (QED) is 0.780. The Balaban J connectivity index is 2.09. The Bertz CT molecular complexity index is 705. The molecule has 0 unspecified atom stereocenters. The Labute approximate surface area is 123 Å². The predicted octanol–water partition coefficient (Wildman–Crippen LogP) is 4.24. The van der Waals surface area contributed by atoms with Gasteiger partial charge in [-0.25, -0.2) is 4.98 Å². The number of fused-ring (bicyclic) bond motifs is 1. The van der Waals surface area contributed by atoms with Crippen LogP contribution >= 0.6 is 11.3 Å². The lowest BCUT2D eigenvalue weighted by molar-refractivity contribution is 0.517. The van der Waals surface area contributed by atoms with Gasteiger partial charge < -0.3 is 5.73 Å². The van der Waals surface area contributed by atoms with E-state index in [9.17, 15) is 0 Å². The van der Waals surface area contributed by atoms with Crippen molar-refractivity contribution in [3.8, 4) is 10.6 Å². The third-order valence-electron chi connectivity index (χ3n) is 3.19.